The molecule has 13 N–H and O–H groups in total. The van der Waals surface area contributed by atoms with Gasteiger partial charge < -0.3 is 61.9 Å². The van der Waals surface area contributed by atoms with Gasteiger partial charge in [-0.2, -0.15) is 0 Å². The normalized spacial score (nSPS) is 19.1. The quantitative estimate of drug-likeness (QED) is 0.0261. The highest BCUT2D eigenvalue weighted by Crippen LogP contribution is 2.17. The Labute approximate surface area is 325 Å². The Morgan fingerprint density at radius 3 is 1.58 bits per heavy atom. The van der Waals surface area contributed by atoms with Gasteiger partial charge in [-0.3, -0.25) is 4.79 Å². The maximum atomic E-state index is 12.5. The summed E-state index contributed by atoms with van der Waals surface area (Å²) >= 11 is 0. The van der Waals surface area contributed by atoms with E-state index in [1.165, 1.54) is 24.3 Å². The second-order valence-electron chi connectivity index (χ2n) is 13.9. The van der Waals surface area contributed by atoms with E-state index < -0.39 is 72.9 Å². The molecule has 0 aromatic heterocycles. The fraction of sp³-hybridized carbons (Fsp3) is 0.610. The number of aliphatic carboxylic acids is 1. The number of Topliss-reactive ketones (excluding diaryl/α,β-unsaturated/α-hetero) is 1. The number of hydrogen-bond acceptors (Lipinski definition) is 13. The second-order valence-corrected chi connectivity index (χ2v) is 13.9. The van der Waals surface area contributed by atoms with Crippen molar-refractivity contribution in [3.05, 3.63) is 85.1 Å². The lowest BCUT2D eigenvalue weighted by Gasteiger charge is -2.20. The SMILES string of the molecule is CC(C(=O)CC(O)CC(O)CC(O)/C=C/CC(O)CC(O)CC(O)CC(O)/C=C/CC(O)/C=C/CC(O)CCCN)C(O)C/C=C/C=C/C=C/C=C/C(=O)O. The first kappa shape index (κ1) is 51.9. The number of carbonyl (C=O) groups is 2. The molecule has 0 aliphatic rings. The lowest BCUT2D eigenvalue weighted by molar-refractivity contribution is -0.131. The maximum Gasteiger partial charge on any atom is 0.328 e. The lowest BCUT2D eigenvalue weighted by Crippen LogP contribution is -2.30. The molecule has 0 bridgehead atoms. The summed E-state index contributed by atoms with van der Waals surface area (Å²) in [6, 6.07) is 0. The summed E-state index contributed by atoms with van der Waals surface area (Å²) in [5, 5.41) is 110. The highest BCUT2D eigenvalue weighted by atomic mass is 16.4. The van der Waals surface area contributed by atoms with E-state index in [0.717, 1.165) is 12.5 Å². The van der Waals surface area contributed by atoms with Crippen LogP contribution in [0, 0.1) is 5.92 Å². The summed E-state index contributed by atoms with van der Waals surface area (Å²) in [4.78, 5) is 22.9. The van der Waals surface area contributed by atoms with Crippen molar-refractivity contribution >= 4 is 11.8 Å². The number of nitrogens with two attached hydrogens (primary N) is 1. The third-order valence-electron chi connectivity index (χ3n) is 8.50. The van der Waals surface area contributed by atoms with Crippen LogP contribution >= 0.6 is 0 Å². The van der Waals surface area contributed by atoms with Crippen LogP contribution in [-0.4, -0.2) is 136 Å². The Kier molecular flexibility index (Phi) is 30.2. The van der Waals surface area contributed by atoms with Gasteiger partial charge in [0.1, 0.15) is 5.78 Å². The van der Waals surface area contributed by atoms with Crippen molar-refractivity contribution in [2.45, 2.75) is 145 Å². The Morgan fingerprint density at radius 1 is 0.527 bits per heavy atom. The molecule has 0 spiro atoms. The minimum atomic E-state index is -1.19. The van der Waals surface area contributed by atoms with Crippen LogP contribution in [0.4, 0.5) is 0 Å². The van der Waals surface area contributed by atoms with Crippen molar-refractivity contribution in [1.82, 2.24) is 0 Å². The van der Waals surface area contributed by atoms with Gasteiger partial charge >= 0.3 is 5.97 Å². The molecule has 0 fully saturated rings. The molecule has 0 radical (unpaired) electrons. The molecule has 0 aromatic carbocycles. The summed E-state index contributed by atoms with van der Waals surface area (Å²) in [7, 11) is 0. The van der Waals surface area contributed by atoms with E-state index in [1.54, 1.807) is 61.6 Å². The van der Waals surface area contributed by atoms with Crippen molar-refractivity contribution in [3.8, 4) is 0 Å². The van der Waals surface area contributed by atoms with Gasteiger partial charge in [0.05, 0.1) is 61.0 Å². The van der Waals surface area contributed by atoms with Crippen LogP contribution < -0.4 is 5.73 Å². The Bertz CT molecular complexity index is 1230. The van der Waals surface area contributed by atoms with Gasteiger partial charge in [0.2, 0.25) is 0 Å². The van der Waals surface area contributed by atoms with Crippen LogP contribution in [0.15, 0.2) is 85.1 Å². The number of allylic oxidation sites excluding steroid dienone is 6. The van der Waals surface area contributed by atoms with Crippen LogP contribution in [-0.2, 0) is 9.59 Å². The third-order valence-corrected chi connectivity index (χ3v) is 8.50. The maximum absolute atomic E-state index is 12.5. The number of carboxylic acids is 1. The first-order chi connectivity index (χ1) is 26.0. The van der Waals surface area contributed by atoms with Crippen LogP contribution in [0.2, 0.25) is 0 Å². The highest BCUT2D eigenvalue weighted by molar-refractivity contribution is 5.81. The van der Waals surface area contributed by atoms with E-state index in [4.69, 9.17) is 10.8 Å². The summed E-state index contributed by atoms with van der Waals surface area (Å²) in [5.41, 5.74) is 5.41. The summed E-state index contributed by atoms with van der Waals surface area (Å²) in [6.07, 6.45) is 12.8. The molecule has 0 heterocycles. The molecule has 0 aliphatic heterocycles. The second kappa shape index (κ2) is 32.0. The predicted octanol–water partition coefficient (Wildman–Crippen LogP) is 1.42. The van der Waals surface area contributed by atoms with Crippen molar-refractivity contribution in [1.29, 1.82) is 0 Å². The molecule has 0 saturated heterocycles. The van der Waals surface area contributed by atoms with E-state index >= 15 is 0 Å². The number of rotatable bonds is 32. The molecule has 0 amide bonds. The molecular formula is C41H67NO13. The standard InChI is InChI=1S/C41H67NO13/c1-29(39(52)20-7-5-3-2-4-6-8-21-41(54)55)40(53)28-38(51)27-37(50)25-34(47)18-11-17-33(46)24-36(49)26-35(48)23-32(45)16-10-15-30(43)13-9-14-31(44)19-12-22-42/h2-11,13,16,18,21,29-39,43-52H,12,14-15,17,19-20,22-28,42H2,1H3,(H,54,55)/b3-2+,6-4+,7-5+,13-9+,16-10+,18-11+,21-8+. The molecule has 314 valence electrons. The zero-order chi connectivity index (χ0) is 41.6. The highest BCUT2D eigenvalue weighted by Gasteiger charge is 2.25. The Hall–Kier alpha value is -3.12. The zero-order valence-corrected chi connectivity index (χ0v) is 31.9. The Morgan fingerprint density at radius 2 is 1.00 bits per heavy atom. The largest absolute Gasteiger partial charge is 0.478 e. The van der Waals surface area contributed by atoms with Gasteiger partial charge in [-0.1, -0.05) is 85.9 Å². The average Bonchev–Trinajstić information content (AvgIpc) is 3.08. The number of aliphatic hydroxyl groups is 10. The summed E-state index contributed by atoms with van der Waals surface area (Å²) < 4.78 is 0. The molecule has 55 heavy (non-hydrogen) atoms. The number of aliphatic hydroxyl groups excluding tert-OH is 10. The molecule has 0 rings (SSSR count). The van der Waals surface area contributed by atoms with Gasteiger partial charge in [-0.25, -0.2) is 4.79 Å². The molecule has 11 unspecified atom stereocenters. The van der Waals surface area contributed by atoms with Crippen LogP contribution in [0.5, 0.6) is 0 Å². The van der Waals surface area contributed by atoms with Gasteiger partial charge in [0.25, 0.3) is 0 Å². The first-order valence-electron chi connectivity index (χ1n) is 19.0. The first-order valence-corrected chi connectivity index (χ1v) is 19.0. The summed E-state index contributed by atoms with van der Waals surface area (Å²) in [5.74, 6) is -2.20. The van der Waals surface area contributed by atoms with E-state index in [9.17, 15) is 60.7 Å². The van der Waals surface area contributed by atoms with Crippen LogP contribution in [0.3, 0.4) is 0 Å². The van der Waals surface area contributed by atoms with E-state index in [-0.39, 0.29) is 63.6 Å². The topological polar surface area (TPSA) is 283 Å². The minimum Gasteiger partial charge on any atom is -0.478 e. The molecule has 14 heteroatoms. The molecule has 11 atom stereocenters. The van der Waals surface area contributed by atoms with Crippen molar-refractivity contribution < 1.29 is 65.8 Å². The van der Waals surface area contributed by atoms with Gasteiger partial charge in [-0.15, -0.1) is 0 Å². The van der Waals surface area contributed by atoms with E-state index in [0.29, 0.717) is 19.4 Å². The lowest BCUT2D eigenvalue weighted by atomic mass is 9.92. The zero-order valence-electron chi connectivity index (χ0n) is 31.9. The fourth-order valence-electron chi connectivity index (χ4n) is 5.36. The minimum absolute atomic E-state index is 0.0601. The van der Waals surface area contributed by atoms with Crippen LogP contribution in [0.25, 0.3) is 0 Å². The molecule has 0 aliphatic carbocycles. The fourth-order valence-corrected chi connectivity index (χ4v) is 5.36. The summed E-state index contributed by atoms with van der Waals surface area (Å²) in [6.45, 7) is 2.05. The molecule has 0 aromatic rings. The third kappa shape index (κ3) is 30.7. The smallest absolute Gasteiger partial charge is 0.328 e. The van der Waals surface area contributed by atoms with Gasteiger partial charge in [0, 0.05) is 31.3 Å². The number of carbonyl (C=O) groups excluding carboxylic acids is 1. The van der Waals surface area contributed by atoms with E-state index in [2.05, 4.69) is 0 Å². The van der Waals surface area contributed by atoms with Crippen molar-refractivity contribution in [2.75, 3.05) is 6.54 Å². The van der Waals surface area contributed by atoms with E-state index in [1.807, 2.05) is 0 Å². The monoisotopic (exact) mass is 781 g/mol. The Balaban J connectivity index is 4.40. The number of hydrogen-bond donors (Lipinski definition) is 12. The number of ketones is 1. The van der Waals surface area contributed by atoms with Crippen molar-refractivity contribution in [2.24, 2.45) is 11.7 Å². The predicted molar refractivity (Wildman–Crippen MR) is 210 cm³/mol. The van der Waals surface area contributed by atoms with Crippen LogP contribution in [0.1, 0.15) is 84.0 Å². The van der Waals surface area contributed by atoms with Crippen molar-refractivity contribution in [3.63, 3.8) is 0 Å². The molecule has 14 nitrogen and oxygen atoms in total. The number of carboxylic acid groups (broad SMARTS) is 1. The van der Waals surface area contributed by atoms with Gasteiger partial charge in [-0.05, 0) is 64.3 Å². The average molecular weight is 782 g/mol. The van der Waals surface area contributed by atoms with Gasteiger partial charge in [0.15, 0.2) is 0 Å². The molecular weight excluding hydrogens is 714 g/mol. The molecule has 0 saturated carbocycles.